The molecule has 16 amide bonds. The number of fused-ring (bicyclic) bond motifs is 5. The Morgan fingerprint density at radius 2 is 0.916 bits per heavy atom. The average molecular weight is 1840 g/mol. The Kier molecular flexibility index (Phi) is 38.4. The molecule has 0 aliphatic carbocycles. The Morgan fingerprint density at radius 1 is 0.458 bits per heavy atom. The van der Waals surface area contributed by atoms with Gasteiger partial charge in [-0.15, -0.1) is 11.8 Å². The number of para-hydroxylation sites is 2. The third kappa shape index (κ3) is 27.9. The maximum absolute atomic E-state index is 15.8. The number of thioether (sulfide) groups is 1. The number of carbonyl (C=O) groups is 18. The molecule has 4 saturated heterocycles. The number of aliphatic carboxylic acids is 2. The molecule has 6 heterocycles. The lowest BCUT2D eigenvalue weighted by molar-refractivity contribution is -0.149. The molecule has 131 heavy (non-hydrogen) atoms. The first-order valence-corrected chi connectivity index (χ1v) is 45.6. The zero-order valence-electron chi connectivity index (χ0n) is 74.0. The summed E-state index contributed by atoms with van der Waals surface area (Å²) in [6, 6.07) is -1.52. The molecule has 0 bridgehead atoms. The van der Waals surface area contributed by atoms with Gasteiger partial charge in [0.25, 0.3) is 0 Å². The van der Waals surface area contributed by atoms with Gasteiger partial charge < -0.3 is 126 Å². The van der Waals surface area contributed by atoms with E-state index in [9.17, 15) is 63.3 Å². The summed E-state index contributed by atoms with van der Waals surface area (Å²) in [6.45, 7) is 1.74. The zero-order valence-corrected chi connectivity index (χ0v) is 74.8. The van der Waals surface area contributed by atoms with Crippen LogP contribution in [0.4, 0.5) is 0 Å². The molecule has 14 atom stereocenters. The molecular weight excluding hydrogens is 1720 g/mol. The second-order valence-electron chi connectivity index (χ2n) is 33.4. The van der Waals surface area contributed by atoms with Crippen molar-refractivity contribution in [2.75, 3.05) is 71.4 Å². The number of benzene rings is 3. The van der Waals surface area contributed by atoms with Crippen molar-refractivity contribution in [2.45, 2.75) is 233 Å². The maximum atomic E-state index is 15.8. The van der Waals surface area contributed by atoms with E-state index in [1.165, 1.54) is 48.2 Å². The number of carbonyl (C=O) groups excluding carboxylic acids is 16. The number of rotatable bonds is 26. The molecule has 5 aromatic rings. The highest BCUT2D eigenvalue weighted by molar-refractivity contribution is 8.00. The second kappa shape index (κ2) is 49.3. The number of hydrogen-bond acceptors (Lipinski definition) is 23. The van der Waals surface area contributed by atoms with Crippen LogP contribution in [0.3, 0.4) is 0 Å². The molecule has 712 valence electrons. The Hall–Kier alpha value is -12.8. The van der Waals surface area contributed by atoms with E-state index in [-0.39, 0.29) is 128 Å². The molecule has 23 N–H and O–H groups in total. The highest BCUT2D eigenvalue weighted by Crippen LogP contribution is 2.29. The number of H-pyrrole nitrogens is 2. The van der Waals surface area contributed by atoms with Gasteiger partial charge in [-0.05, 0) is 131 Å². The summed E-state index contributed by atoms with van der Waals surface area (Å²) in [5, 5.41) is 58.1. The van der Waals surface area contributed by atoms with E-state index >= 15 is 38.4 Å². The van der Waals surface area contributed by atoms with Crippen LogP contribution in [0.1, 0.15) is 146 Å². The van der Waals surface area contributed by atoms with E-state index in [1.807, 2.05) is 13.8 Å². The third-order valence-corrected chi connectivity index (χ3v) is 25.0. The van der Waals surface area contributed by atoms with Crippen molar-refractivity contribution >= 4 is 140 Å². The number of phenols is 1. The van der Waals surface area contributed by atoms with E-state index in [1.54, 1.807) is 60.9 Å². The van der Waals surface area contributed by atoms with Crippen LogP contribution < -0.4 is 76.1 Å². The lowest BCUT2D eigenvalue weighted by Gasteiger charge is -2.36. The number of aromatic nitrogens is 2. The van der Waals surface area contributed by atoms with E-state index in [4.69, 9.17) is 22.9 Å². The van der Waals surface area contributed by atoms with Gasteiger partial charge in [0.2, 0.25) is 94.5 Å². The summed E-state index contributed by atoms with van der Waals surface area (Å²) in [6.07, 6.45) is 2.17. The van der Waals surface area contributed by atoms with Gasteiger partial charge in [0, 0.05) is 106 Å². The standard InChI is InChI=1S/C88H123N21O21S/c1-5-7-22-66-80(122)98-57(21-13-34-89)76(118)104-65(75(117)95-46-71(92)111)47-131-48-72(112)96-61(39-49-27-29-52(110)30-28-49)86(128)108-37-15-25-68(108)82(124)102-63(42-74(115)116)87(129)109-38-16-26-69(109)83(125)103-64(43-91)79(121)99-59(31-32-73(113)114)85(127)107-36-14-24-67(107)81(123)100-60(40-50-44-93-55-19-11-9-17-53(50)55)78(120)97-58(33-35-90)77(119)101-62(41-51-45-94-56-20-12-10-18-54(51)56)84(126)106(4)70(23-8-6-2)88(130)105(66)3/h9-12,17-20,27-30,44-45,57-70,93-94,110H,5-8,13-16,21-26,31-43,46-48,89-91H2,1-4H3,(H2,92,111)(H,95,117)(H,96,112)(H,97,120)(H,98,122)(H,99,121)(H,100,123)(H,101,119)(H,102,124)(H,103,125)(H,104,118)(H,113,114)(H,115,116)/t57-,58-,59-,60-,61-,62-,63?,64-,65-,66-,67-,68-,69-,70-/m0/s1. The van der Waals surface area contributed by atoms with Crippen molar-refractivity contribution in [3.05, 3.63) is 102 Å². The number of nitrogens with two attached hydrogens (primary N) is 4. The number of carboxylic acid groups (broad SMARTS) is 2. The number of amides is 16. The maximum Gasteiger partial charge on any atom is 0.305 e. The second-order valence-corrected chi connectivity index (χ2v) is 34.4. The molecule has 42 nitrogen and oxygen atoms in total. The molecule has 0 saturated carbocycles. The average Bonchev–Trinajstić information content (AvgIpc) is 1.20. The lowest BCUT2D eigenvalue weighted by atomic mass is 9.99. The molecular formula is C88H123N21O21S. The van der Waals surface area contributed by atoms with Crippen LogP contribution in [0.15, 0.2) is 85.2 Å². The Bertz CT molecular complexity index is 4930. The highest BCUT2D eigenvalue weighted by atomic mass is 32.2. The normalized spacial score (nSPS) is 25.0. The minimum absolute atomic E-state index is 0.00629. The molecule has 4 aliphatic heterocycles. The van der Waals surface area contributed by atoms with Crippen LogP contribution in [0.2, 0.25) is 0 Å². The van der Waals surface area contributed by atoms with E-state index < -0.39 is 235 Å². The quantitative estimate of drug-likeness (QED) is 0.0272. The van der Waals surface area contributed by atoms with Crippen molar-refractivity contribution in [3.8, 4) is 5.75 Å². The minimum Gasteiger partial charge on any atom is -0.508 e. The fourth-order valence-electron chi connectivity index (χ4n) is 16.9. The number of nitrogens with one attached hydrogen (secondary N) is 12. The number of nitrogens with zero attached hydrogens (tertiary/aromatic N) is 5. The SMILES string of the molecule is CCCC[C@H]1C(=O)N(C)[C@@H](CCCC)C(=O)N[C@@H](CCCN)C(=O)N[C@H](C(=O)NCC(N)=O)CSCC(=O)N[C@@H](Cc2ccc(O)cc2)C(=O)N2CCC[C@H]2C(=O)NC(CC(=O)O)C(=O)N2CCC[C@H]2C(=O)N[C@@H](CN)C(=O)N[C@@H](CCC(=O)O)C(=O)N2CCC[C@H]2C(=O)N[C@@H](Cc2c[nH]c3ccccc23)C(=O)N[C@@H](CCN)C(=O)N[C@@H](Cc2c[nH]c3ccccc23)C(=O)N1C. The number of aromatic hydroxyl groups is 1. The number of phenolic OH excluding ortho intramolecular Hbond substituents is 1. The van der Waals surface area contributed by atoms with E-state index in [2.05, 4.69) is 63.1 Å². The predicted molar refractivity (Wildman–Crippen MR) is 479 cm³/mol. The highest BCUT2D eigenvalue weighted by Gasteiger charge is 2.47. The molecule has 0 spiro atoms. The summed E-state index contributed by atoms with van der Waals surface area (Å²) < 4.78 is 0. The molecule has 43 heteroatoms. The summed E-state index contributed by atoms with van der Waals surface area (Å²) in [5.41, 5.74) is 26.6. The zero-order chi connectivity index (χ0) is 95.3. The van der Waals surface area contributed by atoms with Gasteiger partial charge in [0.15, 0.2) is 0 Å². The monoisotopic (exact) mass is 1840 g/mol. The van der Waals surface area contributed by atoms with Crippen LogP contribution in [0.25, 0.3) is 21.8 Å². The van der Waals surface area contributed by atoms with Gasteiger partial charge in [-0.1, -0.05) is 88.1 Å². The summed E-state index contributed by atoms with van der Waals surface area (Å²) in [7, 11) is 2.75. The van der Waals surface area contributed by atoms with Crippen molar-refractivity contribution in [2.24, 2.45) is 22.9 Å². The molecule has 3 aromatic carbocycles. The molecule has 4 fully saturated rings. The number of hydrogen-bond donors (Lipinski definition) is 19. The van der Waals surface area contributed by atoms with Gasteiger partial charge in [-0.3, -0.25) is 86.3 Å². The van der Waals surface area contributed by atoms with Crippen LogP contribution in [0.5, 0.6) is 5.75 Å². The molecule has 9 rings (SSSR count). The Balaban J connectivity index is 1.08. The summed E-state index contributed by atoms with van der Waals surface area (Å²) in [5.74, 6) is -18.7. The molecule has 4 aliphatic rings. The lowest BCUT2D eigenvalue weighted by Crippen LogP contribution is -2.61. The fourth-order valence-corrected chi connectivity index (χ4v) is 17.8. The van der Waals surface area contributed by atoms with Gasteiger partial charge in [0.05, 0.1) is 18.7 Å². The topological polar surface area (TPSA) is 640 Å². The van der Waals surface area contributed by atoms with Gasteiger partial charge >= 0.3 is 11.9 Å². The minimum atomic E-state index is -1.88. The summed E-state index contributed by atoms with van der Waals surface area (Å²) >= 11 is 0.784. The molecule has 1 unspecified atom stereocenters. The largest absolute Gasteiger partial charge is 0.508 e. The van der Waals surface area contributed by atoms with E-state index in [0.717, 1.165) is 26.5 Å². The van der Waals surface area contributed by atoms with Gasteiger partial charge in [0.1, 0.15) is 90.3 Å². The number of aromatic amines is 2. The summed E-state index contributed by atoms with van der Waals surface area (Å²) in [4.78, 5) is 273. The van der Waals surface area contributed by atoms with Crippen LogP contribution in [-0.2, 0) is 106 Å². The number of carboxylic acids is 2. The Morgan fingerprint density at radius 3 is 1.45 bits per heavy atom. The number of likely N-dealkylation sites (N-methyl/N-ethyl adjacent to an activating group) is 2. The van der Waals surface area contributed by atoms with Crippen LogP contribution in [-0.4, -0.2) is 312 Å². The van der Waals surface area contributed by atoms with Gasteiger partial charge in [-0.25, -0.2) is 0 Å². The van der Waals surface area contributed by atoms with Crippen molar-refractivity contribution in [1.82, 2.24) is 87.6 Å². The first kappa shape index (κ1) is 102. The first-order valence-electron chi connectivity index (χ1n) is 44.4. The smallest absolute Gasteiger partial charge is 0.305 e. The molecule has 2 aromatic heterocycles. The van der Waals surface area contributed by atoms with Crippen molar-refractivity contribution in [1.29, 1.82) is 0 Å². The van der Waals surface area contributed by atoms with Crippen LogP contribution >= 0.6 is 11.8 Å². The third-order valence-electron chi connectivity index (χ3n) is 24.0. The number of primary amides is 1. The predicted octanol–water partition coefficient (Wildman–Crippen LogP) is -2.51. The van der Waals surface area contributed by atoms with Crippen molar-refractivity contribution < 1.29 is 102 Å². The first-order chi connectivity index (χ1) is 62.7. The Labute approximate surface area is 760 Å². The number of unbranched alkanes of at least 4 members (excludes halogenated alkanes) is 2. The van der Waals surface area contributed by atoms with Crippen LogP contribution in [0, 0.1) is 0 Å². The fraction of sp³-hybridized carbons (Fsp3) is 0.545. The van der Waals surface area contributed by atoms with Gasteiger partial charge in [-0.2, -0.15) is 0 Å². The molecule has 0 radical (unpaired) electrons. The van der Waals surface area contributed by atoms with E-state index in [0.29, 0.717) is 64.2 Å². The van der Waals surface area contributed by atoms with Crippen molar-refractivity contribution in [3.63, 3.8) is 0 Å².